The minimum Gasteiger partial charge on any atom is -0.495 e. The second-order valence-electron chi connectivity index (χ2n) is 6.73. The smallest absolute Gasteiger partial charge is 0.250 e. The van der Waals surface area contributed by atoms with Crippen LogP contribution in [0.15, 0.2) is 42.6 Å². The Kier molecular flexibility index (Phi) is 6.56. The van der Waals surface area contributed by atoms with Gasteiger partial charge in [0.25, 0.3) is 5.91 Å². The number of nitrogens with one attached hydrogen (secondary N) is 2. The minimum atomic E-state index is -0.494. The van der Waals surface area contributed by atoms with Crippen LogP contribution in [0.4, 0.5) is 5.69 Å². The summed E-state index contributed by atoms with van der Waals surface area (Å²) < 4.78 is 5.27. The number of ether oxygens (including phenoxy) is 1. The zero-order valence-electron chi connectivity index (χ0n) is 16.8. The number of para-hydroxylation sites is 1. The van der Waals surface area contributed by atoms with Gasteiger partial charge in [0.1, 0.15) is 5.75 Å². The molecule has 1 heterocycles. The fraction of sp³-hybridized carbons (Fsp3) is 0.273. The van der Waals surface area contributed by atoms with Crippen molar-refractivity contribution >= 4 is 34.1 Å². The molecule has 7 heteroatoms. The van der Waals surface area contributed by atoms with Crippen molar-refractivity contribution in [2.24, 2.45) is 5.73 Å². The third-order valence-electron chi connectivity index (χ3n) is 4.93. The van der Waals surface area contributed by atoms with Crippen LogP contribution >= 0.6 is 11.6 Å². The van der Waals surface area contributed by atoms with Crippen LogP contribution in [0.25, 0.3) is 10.9 Å². The number of methoxy groups -OCH3 is 1. The van der Waals surface area contributed by atoms with Crippen molar-refractivity contribution in [3.63, 3.8) is 0 Å². The number of carbonyl (C=O) groups is 1. The molecule has 0 fully saturated rings. The number of aromatic nitrogens is 1. The first-order valence-electron chi connectivity index (χ1n) is 9.45. The van der Waals surface area contributed by atoms with Crippen LogP contribution in [0, 0.1) is 0 Å². The fourth-order valence-electron chi connectivity index (χ4n) is 3.43. The predicted octanol–water partition coefficient (Wildman–Crippen LogP) is 3.93. The lowest BCUT2D eigenvalue weighted by Crippen LogP contribution is -2.24. The van der Waals surface area contributed by atoms with Gasteiger partial charge in [0.2, 0.25) is 0 Å². The Morgan fingerprint density at radius 2 is 2.10 bits per heavy atom. The van der Waals surface area contributed by atoms with E-state index in [4.69, 9.17) is 22.1 Å². The molecule has 6 nitrogen and oxygen atoms in total. The van der Waals surface area contributed by atoms with Crippen molar-refractivity contribution in [1.82, 2.24) is 10.3 Å². The molecule has 29 heavy (non-hydrogen) atoms. The van der Waals surface area contributed by atoms with Crippen LogP contribution in [0.1, 0.15) is 34.5 Å². The van der Waals surface area contributed by atoms with E-state index in [1.807, 2.05) is 37.4 Å². The number of nitrogens with two attached hydrogens (primary N) is 1. The number of benzene rings is 2. The summed E-state index contributed by atoms with van der Waals surface area (Å²) in [5, 5.41) is 8.28. The van der Waals surface area contributed by atoms with Crippen molar-refractivity contribution < 1.29 is 9.53 Å². The number of amides is 1. The van der Waals surface area contributed by atoms with Gasteiger partial charge in [-0.2, -0.15) is 0 Å². The molecule has 3 rings (SSSR count). The molecular formula is C22H25ClN4O2. The lowest BCUT2D eigenvalue weighted by molar-refractivity contribution is 0.100. The van der Waals surface area contributed by atoms with E-state index in [2.05, 4.69) is 22.5 Å². The van der Waals surface area contributed by atoms with Crippen LogP contribution in [0.5, 0.6) is 5.75 Å². The number of primary amides is 1. The number of rotatable bonds is 8. The number of hydrogen-bond acceptors (Lipinski definition) is 5. The first kappa shape index (κ1) is 20.9. The van der Waals surface area contributed by atoms with Crippen molar-refractivity contribution in [2.75, 3.05) is 26.0 Å². The first-order valence-corrected chi connectivity index (χ1v) is 9.82. The van der Waals surface area contributed by atoms with Gasteiger partial charge >= 0.3 is 0 Å². The standard InChI is InChI=1S/C22H25ClN4O2/c1-4-13-11-26-21-15(6-5-7-16(21)22(24)28)20(13)27-18(12-25-2)14-8-9-19(29-3)17(23)10-14/h5-11,18,25H,4,12H2,1-3H3,(H2,24,28)(H,26,27). The normalized spacial score (nSPS) is 12.0. The van der Waals surface area contributed by atoms with Gasteiger partial charge in [-0.25, -0.2) is 0 Å². The summed E-state index contributed by atoms with van der Waals surface area (Å²) in [6, 6.07) is 11.2. The van der Waals surface area contributed by atoms with Gasteiger partial charge in [-0.3, -0.25) is 9.78 Å². The second kappa shape index (κ2) is 9.11. The molecule has 0 saturated carbocycles. The number of fused-ring (bicyclic) bond motifs is 1. The Labute approximate surface area is 175 Å². The van der Waals surface area contributed by atoms with E-state index in [9.17, 15) is 4.79 Å². The molecule has 0 spiro atoms. The van der Waals surface area contributed by atoms with Crippen molar-refractivity contribution in [3.05, 3.63) is 64.3 Å². The second-order valence-corrected chi connectivity index (χ2v) is 7.13. The van der Waals surface area contributed by atoms with Crippen LogP contribution < -0.4 is 21.1 Å². The molecule has 1 unspecified atom stereocenters. The Hall–Kier alpha value is -2.83. The third kappa shape index (κ3) is 4.28. The fourth-order valence-corrected chi connectivity index (χ4v) is 3.70. The van der Waals surface area contributed by atoms with E-state index in [0.717, 1.165) is 28.6 Å². The lowest BCUT2D eigenvalue weighted by Gasteiger charge is -2.24. The Morgan fingerprint density at radius 1 is 1.31 bits per heavy atom. The molecule has 3 aromatic rings. The predicted molar refractivity (Wildman–Crippen MR) is 118 cm³/mol. The van der Waals surface area contributed by atoms with Gasteiger partial charge in [0.15, 0.2) is 0 Å². The molecule has 1 aromatic heterocycles. The summed E-state index contributed by atoms with van der Waals surface area (Å²) in [5.74, 6) is 0.139. The van der Waals surface area contributed by atoms with Gasteiger partial charge in [-0.05, 0) is 42.8 Å². The monoisotopic (exact) mass is 412 g/mol. The number of carbonyl (C=O) groups excluding carboxylic acids is 1. The van der Waals surface area contributed by atoms with Crippen LogP contribution in [-0.4, -0.2) is 31.6 Å². The van der Waals surface area contributed by atoms with E-state index >= 15 is 0 Å². The number of anilines is 1. The topological polar surface area (TPSA) is 89.3 Å². The summed E-state index contributed by atoms with van der Waals surface area (Å²) >= 11 is 6.35. The van der Waals surface area contributed by atoms with Gasteiger partial charge in [-0.15, -0.1) is 0 Å². The van der Waals surface area contributed by atoms with Crippen molar-refractivity contribution in [2.45, 2.75) is 19.4 Å². The van der Waals surface area contributed by atoms with E-state index < -0.39 is 5.91 Å². The van der Waals surface area contributed by atoms with Gasteiger partial charge < -0.3 is 21.1 Å². The summed E-state index contributed by atoms with van der Waals surface area (Å²) in [5.41, 5.74) is 9.56. The van der Waals surface area contributed by atoms with Crippen LogP contribution in [0.2, 0.25) is 5.02 Å². The highest BCUT2D eigenvalue weighted by molar-refractivity contribution is 6.32. The van der Waals surface area contributed by atoms with Crippen LogP contribution in [-0.2, 0) is 6.42 Å². The maximum absolute atomic E-state index is 11.9. The molecule has 0 aliphatic rings. The molecular weight excluding hydrogens is 388 g/mol. The zero-order valence-corrected chi connectivity index (χ0v) is 17.5. The minimum absolute atomic E-state index is 0.0588. The van der Waals surface area contributed by atoms with E-state index in [0.29, 0.717) is 28.4 Å². The molecule has 4 N–H and O–H groups in total. The molecule has 0 aliphatic carbocycles. The highest BCUT2D eigenvalue weighted by Crippen LogP contribution is 2.33. The third-order valence-corrected chi connectivity index (χ3v) is 5.22. The van der Waals surface area contributed by atoms with Gasteiger partial charge in [-0.1, -0.05) is 36.7 Å². The maximum atomic E-state index is 11.9. The number of pyridine rings is 1. The summed E-state index contributed by atoms with van der Waals surface area (Å²) in [6.45, 7) is 2.74. The Bertz CT molecular complexity index is 1040. The molecule has 0 aliphatic heterocycles. The Balaban J connectivity index is 2.11. The molecule has 1 amide bonds. The number of halogens is 1. The highest BCUT2D eigenvalue weighted by Gasteiger charge is 2.18. The van der Waals surface area contributed by atoms with E-state index in [-0.39, 0.29) is 6.04 Å². The van der Waals surface area contributed by atoms with E-state index in [1.165, 1.54) is 0 Å². The number of hydrogen-bond donors (Lipinski definition) is 3. The first-order chi connectivity index (χ1) is 14.0. The molecule has 2 aromatic carbocycles. The van der Waals surface area contributed by atoms with Gasteiger partial charge in [0.05, 0.1) is 29.3 Å². The quantitative estimate of drug-likeness (QED) is 0.521. The summed E-state index contributed by atoms with van der Waals surface area (Å²) in [4.78, 5) is 16.4. The zero-order chi connectivity index (χ0) is 21.0. The van der Waals surface area contributed by atoms with Crippen LogP contribution in [0.3, 0.4) is 0 Å². The van der Waals surface area contributed by atoms with Gasteiger partial charge in [0, 0.05) is 23.8 Å². The SMILES string of the molecule is CCc1cnc2c(C(N)=O)cccc2c1NC(CNC)c1ccc(OC)c(Cl)c1. The lowest BCUT2D eigenvalue weighted by atomic mass is 10.0. The largest absolute Gasteiger partial charge is 0.495 e. The average molecular weight is 413 g/mol. The molecule has 152 valence electrons. The maximum Gasteiger partial charge on any atom is 0.250 e. The molecule has 0 saturated heterocycles. The number of nitrogens with zero attached hydrogens (tertiary/aromatic N) is 1. The number of aryl methyl sites for hydroxylation is 1. The summed E-state index contributed by atoms with van der Waals surface area (Å²) in [6.07, 6.45) is 2.59. The highest BCUT2D eigenvalue weighted by atomic mass is 35.5. The number of likely N-dealkylation sites (N-methyl/N-ethyl adjacent to an activating group) is 1. The molecule has 0 bridgehead atoms. The van der Waals surface area contributed by atoms with Crippen molar-refractivity contribution in [3.8, 4) is 5.75 Å². The molecule has 0 radical (unpaired) electrons. The van der Waals surface area contributed by atoms with Crippen molar-refractivity contribution in [1.29, 1.82) is 0 Å². The average Bonchev–Trinajstić information content (AvgIpc) is 2.72. The summed E-state index contributed by atoms with van der Waals surface area (Å²) in [7, 11) is 3.49. The Morgan fingerprint density at radius 3 is 2.72 bits per heavy atom. The molecule has 1 atom stereocenters. The van der Waals surface area contributed by atoms with E-state index in [1.54, 1.807) is 19.4 Å².